The van der Waals surface area contributed by atoms with Crippen molar-refractivity contribution in [1.82, 2.24) is 15.1 Å². The molecule has 3 heteroatoms. The van der Waals surface area contributed by atoms with E-state index < -0.39 is 0 Å². The maximum absolute atomic E-state index is 3.20. The summed E-state index contributed by atoms with van der Waals surface area (Å²) in [7, 11) is 2.02. The summed E-state index contributed by atoms with van der Waals surface area (Å²) in [6.07, 6.45) is 0. The molecule has 0 bridgehead atoms. The largest absolute Gasteiger partial charge is 0.318 e. The van der Waals surface area contributed by atoms with Crippen LogP contribution in [0.15, 0.2) is 0 Å². The monoisotopic (exact) mass is 185 g/mol. The van der Waals surface area contributed by atoms with E-state index in [1.807, 2.05) is 7.05 Å². The Morgan fingerprint density at radius 1 is 1.38 bits per heavy atom. The van der Waals surface area contributed by atoms with Gasteiger partial charge in [-0.2, -0.15) is 0 Å². The summed E-state index contributed by atoms with van der Waals surface area (Å²) >= 11 is 0. The normalized spacial score (nSPS) is 26.5. The summed E-state index contributed by atoms with van der Waals surface area (Å²) < 4.78 is 0. The van der Waals surface area contributed by atoms with E-state index in [4.69, 9.17) is 0 Å². The number of nitrogens with zero attached hydrogens (tertiary/aromatic N) is 2. The number of hydrogen-bond acceptors (Lipinski definition) is 3. The minimum absolute atomic E-state index is 0.732. The molecular weight excluding hydrogens is 162 g/mol. The van der Waals surface area contributed by atoms with Crippen LogP contribution in [0.5, 0.6) is 0 Å². The fourth-order valence-corrected chi connectivity index (χ4v) is 2.01. The number of piperazine rings is 1. The summed E-state index contributed by atoms with van der Waals surface area (Å²) in [6.45, 7) is 11.8. The van der Waals surface area contributed by atoms with Crippen LogP contribution in [-0.4, -0.2) is 62.2 Å². The summed E-state index contributed by atoms with van der Waals surface area (Å²) in [5, 5.41) is 3.20. The molecule has 0 spiro atoms. The molecule has 0 aromatic rings. The van der Waals surface area contributed by atoms with E-state index in [-0.39, 0.29) is 0 Å². The average molecular weight is 185 g/mol. The van der Waals surface area contributed by atoms with E-state index in [2.05, 4.69) is 29.0 Å². The van der Waals surface area contributed by atoms with Gasteiger partial charge in [-0.25, -0.2) is 0 Å². The zero-order chi connectivity index (χ0) is 9.68. The van der Waals surface area contributed by atoms with Gasteiger partial charge in [-0.3, -0.25) is 9.80 Å². The molecule has 0 amide bonds. The molecule has 0 aromatic heterocycles. The Balaban J connectivity index is 2.24. The van der Waals surface area contributed by atoms with E-state index >= 15 is 0 Å². The molecule has 78 valence electrons. The molecule has 1 saturated heterocycles. The van der Waals surface area contributed by atoms with E-state index in [0.717, 1.165) is 12.6 Å². The predicted octanol–water partition coefficient (Wildman–Crippen LogP) is 0.232. The summed E-state index contributed by atoms with van der Waals surface area (Å²) in [5.41, 5.74) is 0. The lowest BCUT2D eigenvalue weighted by Gasteiger charge is -2.39. The molecule has 1 aliphatic heterocycles. The molecule has 0 aromatic carbocycles. The quantitative estimate of drug-likeness (QED) is 0.676. The highest BCUT2D eigenvalue weighted by atomic mass is 15.3. The third-order valence-electron chi connectivity index (χ3n) is 2.93. The molecule has 1 N–H and O–H groups in total. The predicted molar refractivity (Wildman–Crippen MR) is 57.1 cm³/mol. The van der Waals surface area contributed by atoms with Crippen molar-refractivity contribution < 1.29 is 0 Å². The van der Waals surface area contributed by atoms with Crippen LogP contribution < -0.4 is 5.32 Å². The second-order valence-electron chi connectivity index (χ2n) is 3.88. The number of rotatable bonds is 4. The fraction of sp³-hybridized carbons (Fsp3) is 1.00. The van der Waals surface area contributed by atoms with Crippen molar-refractivity contribution in [1.29, 1.82) is 0 Å². The standard InChI is InChI=1S/C10H23N3/c1-4-13-8-7-12(6-5-11-3)9-10(13)2/h10-11H,4-9H2,1-3H3. The highest BCUT2D eigenvalue weighted by Gasteiger charge is 2.21. The van der Waals surface area contributed by atoms with Crippen LogP contribution in [0.4, 0.5) is 0 Å². The van der Waals surface area contributed by atoms with Crippen LogP contribution in [0.1, 0.15) is 13.8 Å². The topological polar surface area (TPSA) is 18.5 Å². The average Bonchev–Trinajstić information content (AvgIpc) is 2.15. The highest BCUT2D eigenvalue weighted by molar-refractivity contribution is 4.78. The van der Waals surface area contributed by atoms with Crippen LogP contribution in [0.2, 0.25) is 0 Å². The van der Waals surface area contributed by atoms with Crippen LogP contribution >= 0.6 is 0 Å². The Morgan fingerprint density at radius 3 is 2.69 bits per heavy atom. The lowest BCUT2D eigenvalue weighted by Crippen LogP contribution is -2.52. The number of likely N-dealkylation sites (N-methyl/N-ethyl adjacent to an activating group) is 2. The van der Waals surface area contributed by atoms with Crippen molar-refractivity contribution in [3.05, 3.63) is 0 Å². The Kier molecular flexibility index (Phi) is 4.70. The first-order valence-electron chi connectivity index (χ1n) is 5.39. The number of nitrogens with one attached hydrogen (secondary N) is 1. The lowest BCUT2D eigenvalue weighted by atomic mass is 10.2. The Labute approximate surface area is 82.1 Å². The molecule has 1 unspecified atom stereocenters. The van der Waals surface area contributed by atoms with Gasteiger partial charge in [0, 0.05) is 38.8 Å². The van der Waals surface area contributed by atoms with Crippen LogP contribution in [-0.2, 0) is 0 Å². The van der Waals surface area contributed by atoms with Crippen molar-refractivity contribution in [3.8, 4) is 0 Å². The third kappa shape index (κ3) is 3.25. The first kappa shape index (κ1) is 11.0. The van der Waals surface area contributed by atoms with Crippen LogP contribution in [0, 0.1) is 0 Å². The highest BCUT2D eigenvalue weighted by Crippen LogP contribution is 2.07. The second kappa shape index (κ2) is 5.58. The molecule has 0 saturated carbocycles. The molecule has 1 rings (SSSR count). The van der Waals surface area contributed by atoms with Gasteiger partial charge in [0.25, 0.3) is 0 Å². The fourth-order valence-electron chi connectivity index (χ4n) is 2.01. The van der Waals surface area contributed by atoms with Crippen molar-refractivity contribution in [2.75, 3.05) is 46.3 Å². The number of hydrogen-bond donors (Lipinski definition) is 1. The molecule has 1 atom stereocenters. The van der Waals surface area contributed by atoms with Crippen LogP contribution in [0.3, 0.4) is 0 Å². The van der Waals surface area contributed by atoms with Crippen LogP contribution in [0.25, 0.3) is 0 Å². The van der Waals surface area contributed by atoms with Gasteiger partial charge < -0.3 is 5.32 Å². The molecule has 3 nitrogen and oxygen atoms in total. The van der Waals surface area contributed by atoms with Crippen molar-refractivity contribution >= 4 is 0 Å². The van der Waals surface area contributed by atoms with E-state index in [1.165, 1.54) is 32.7 Å². The van der Waals surface area contributed by atoms with Gasteiger partial charge in [-0.1, -0.05) is 6.92 Å². The Morgan fingerprint density at radius 2 is 2.15 bits per heavy atom. The van der Waals surface area contributed by atoms with Gasteiger partial charge in [0.15, 0.2) is 0 Å². The molecular formula is C10H23N3. The van der Waals surface area contributed by atoms with Gasteiger partial charge in [0.2, 0.25) is 0 Å². The Hall–Kier alpha value is -0.120. The van der Waals surface area contributed by atoms with Crippen molar-refractivity contribution in [2.24, 2.45) is 0 Å². The lowest BCUT2D eigenvalue weighted by molar-refractivity contribution is 0.0891. The first-order valence-corrected chi connectivity index (χ1v) is 5.39. The molecule has 0 aliphatic carbocycles. The van der Waals surface area contributed by atoms with Gasteiger partial charge >= 0.3 is 0 Å². The second-order valence-corrected chi connectivity index (χ2v) is 3.88. The Bertz CT molecular complexity index is 138. The summed E-state index contributed by atoms with van der Waals surface area (Å²) in [5.74, 6) is 0. The SMILES string of the molecule is CCN1CCN(CCNC)CC1C. The molecule has 1 heterocycles. The van der Waals surface area contributed by atoms with E-state index in [0.29, 0.717) is 0 Å². The summed E-state index contributed by atoms with van der Waals surface area (Å²) in [4.78, 5) is 5.10. The van der Waals surface area contributed by atoms with Gasteiger partial charge in [-0.05, 0) is 20.5 Å². The van der Waals surface area contributed by atoms with E-state index in [1.54, 1.807) is 0 Å². The zero-order valence-electron chi connectivity index (χ0n) is 9.21. The first-order chi connectivity index (χ1) is 6.27. The molecule has 1 fully saturated rings. The molecule has 13 heavy (non-hydrogen) atoms. The van der Waals surface area contributed by atoms with Gasteiger partial charge in [0.05, 0.1) is 0 Å². The maximum Gasteiger partial charge on any atom is 0.0195 e. The maximum atomic E-state index is 3.20. The van der Waals surface area contributed by atoms with E-state index in [9.17, 15) is 0 Å². The summed E-state index contributed by atoms with van der Waals surface area (Å²) in [6, 6.07) is 0.732. The molecule has 1 aliphatic rings. The third-order valence-corrected chi connectivity index (χ3v) is 2.93. The smallest absolute Gasteiger partial charge is 0.0195 e. The molecule has 0 radical (unpaired) electrons. The van der Waals surface area contributed by atoms with Crippen molar-refractivity contribution in [2.45, 2.75) is 19.9 Å². The minimum atomic E-state index is 0.732. The van der Waals surface area contributed by atoms with Gasteiger partial charge in [-0.15, -0.1) is 0 Å². The van der Waals surface area contributed by atoms with Crippen molar-refractivity contribution in [3.63, 3.8) is 0 Å². The van der Waals surface area contributed by atoms with Gasteiger partial charge in [0.1, 0.15) is 0 Å². The minimum Gasteiger partial charge on any atom is -0.318 e. The zero-order valence-corrected chi connectivity index (χ0v) is 9.21.